The number of urea groups is 1. The van der Waals surface area contributed by atoms with Gasteiger partial charge in [0.25, 0.3) is 0 Å². The van der Waals surface area contributed by atoms with Gasteiger partial charge in [0.1, 0.15) is 0 Å². The van der Waals surface area contributed by atoms with Gasteiger partial charge in [-0.25, -0.2) is 4.79 Å². The molecule has 6 nitrogen and oxygen atoms in total. The van der Waals surface area contributed by atoms with Crippen molar-refractivity contribution < 1.29 is 19.5 Å². The van der Waals surface area contributed by atoms with Gasteiger partial charge < -0.3 is 10.4 Å². The largest absolute Gasteiger partial charge is 0.481 e. The Morgan fingerprint density at radius 1 is 1.10 bits per heavy atom. The molecule has 0 saturated heterocycles. The number of imide groups is 1. The third kappa shape index (κ3) is 7.24. The van der Waals surface area contributed by atoms with E-state index in [9.17, 15) is 14.4 Å². The quantitative estimate of drug-likeness (QED) is 0.612. The Hall–Kier alpha value is -1.41. The van der Waals surface area contributed by atoms with Crippen LogP contribution in [0.1, 0.15) is 25.7 Å². The molecular weight excluding hydrogens is 408 g/mol. The minimum absolute atomic E-state index is 0.0192. The number of hydrogen-bond acceptors (Lipinski definition) is 3. The highest BCUT2D eigenvalue weighted by molar-refractivity contribution is 9.11. The van der Waals surface area contributed by atoms with E-state index in [1.54, 1.807) is 18.2 Å². The van der Waals surface area contributed by atoms with E-state index in [0.717, 1.165) is 4.47 Å². The lowest BCUT2D eigenvalue weighted by atomic mass is 10.2. The summed E-state index contributed by atoms with van der Waals surface area (Å²) >= 11 is 6.59. The van der Waals surface area contributed by atoms with Crippen molar-refractivity contribution in [1.82, 2.24) is 5.32 Å². The molecule has 0 aliphatic rings. The maximum Gasteiger partial charge on any atom is 0.325 e. The van der Waals surface area contributed by atoms with Crippen molar-refractivity contribution in [2.75, 3.05) is 5.32 Å². The number of rotatable bonds is 6. The number of carbonyl (C=O) groups excluding carboxylic acids is 2. The first-order chi connectivity index (χ1) is 9.88. The number of carboxylic acid groups (broad SMARTS) is 1. The number of nitrogens with one attached hydrogen (secondary N) is 2. The number of benzene rings is 1. The van der Waals surface area contributed by atoms with Crippen LogP contribution in [0.25, 0.3) is 0 Å². The van der Waals surface area contributed by atoms with E-state index in [2.05, 4.69) is 42.5 Å². The van der Waals surface area contributed by atoms with Gasteiger partial charge in [0.2, 0.25) is 5.91 Å². The number of halogens is 2. The van der Waals surface area contributed by atoms with Crippen molar-refractivity contribution >= 4 is 55.5 Å². The zero-order chi connectivity index (χ0) is 15.8. The number of hydrogen-bond donors (Lipinski definition) is 3. The zero-order valence-electron chi connectivity index (χ0n) is 11.0. The topological polar surface area (TPSA) is 95.5 Å². The molecule has 0 aliphatic carbocycles. The molecule has 0 saturated carbocycles. The Balaban J connectivity index is 2.36. The lowest BCUT2D eigenvalue weighted by Crippen LogP contribution is -2.34. The number of aliphatic carboxylic acids is 1. The molecule has 21 heavy (non-hydrogen) atoms. The van der Waals surface area contributed by atoms with Crippen molar-refractivity contribution in [2.24, 2.45) is 0 Å². The van der Waals surface area contributed by atoms with Gasteiger partial charge >= 0.3 is 12.0 Å². The highest BCUT2D eigenvalue weighted by Gasteiger charge is 2.10. The summed E-state index contributed by atoms with van der Waals surface area (Å²) in [5.74, 6) is -1.33. The highest BCUT2D eigenvalue weighted by Crippen LogP contribution is 2.25. The Morgan fingerprint density at radius 2 is 1.76 bits per heavy atom. The lowest BCUT2D eigenvalue weighted by molar-refractivity contribution is -0.137. The van der Waals surface area contributed by atoms with Gasteiger partial charge in [0.15, 0.2) is 0 Å². The normalized spacial score (nSPS) is 10.0. The Bertz CT molecular complexity index is 549. The molecule has 3 N–H and O–H groups in total. The first-order valence-corrected chi connectivity index (χ1v) is 7.75. The highest BCUT2D eigenvalue weighted by atomic mass is 79.9. The molecule has 1 aromatic carbocycles. The average Bonchev–Trinajstić information content (AvgIpc) is 2.38. The predicted octanol–water partition coefficient (Wildman–Crippen LogP) is 3.50. The van der Waals surface area contributed by atoms with Crippen LogP contribution in [0.3, 0.4) is 0 Å². The fourth-order valence-corrected chi connectivity index (χ4v) is 2.64. The molecule has 114 valence electrons. The standard InChI is InChI=1S/C13H14Br2N2O4/c14-8-5-6-10(9(15)7-8)16-13(21)17-11(18)3-1-2-4-12(19)20/h5-7H,1-4H2,(H,19,20)(H2,16,17,18,21). The van der Waals surface area contributed by atoms with Crippen LogP contribution in [0.15, 0.2) is 27.1 Å². The van der Waals surface area contributed by atoms with Crippen LogP contribution >= 0.6 is 31.9 Å². The smallest absolute Gasteiger partial charge is 0.325 e. The predicted molar refractivity (Wildman–Crippen MR) is 85.1 cm³/mol. The van der Waals surface area contributed by atoms with Crippen LogP contribution in [0.2, 0.25) is 0 Å². The van der Waals surface area contributed by atoms with E-state index in [1.165, 1.54) is 0 Å². The van der Waals surface area contributed by atoms with Gasteiger partial charge in [-0.05, 0) is 47.0 Å². The van der Waals surface area contributed by atoms with E-state index in [4.69, 9.17) is 5.11 Å². The SMILES string of the molecule is O=C(O)CCCCC(=O)NC(=O)Nc1ccc(Br)cc1Br. The first kappa shape index (κ1) is 17.6. The lowest BCUT2D eigenvalue weighted by Gasteiger charge is -2.08. The van der Waals surface area contributed by atoms with E-state index in [-0.39, 0.29) is 12.8 Å². The van der Waals surface area contributed by atoms with Crippen LogP contribution in [0.5, 0.6) is 0 Å². The molecule has 1 rings (SSSR count). The molecular formula is C13H14Br2N2O4. The minimum Gasteiger partial charge on any atom is -0.481 e. The zero-order valence-corrected chi connectivity index (χ0v) is 14.2. The van der Waals surface area contributed by atoms with Crippen molar-refractivity contribution in [3.8, 4) is 0 Å². The number of carbonyl (C=O) groups is 3. The van der Waals surface area contributed by atoms with Crippen molar-refractivity contribution in [3.63, 3.8) is 0 Å². The fraction of sp³-hybridized carbons (Fsp3) is 0.308. The molecule has 0 aliphatic heterocycles. The molecule has 0 unspecified atom stereocenters. The number of unbranched alkanes of at least 4 members (excludes halogenated alkanes) is 1. The van der Waals surface area contributed by atoms with Crippen LogP contribution in [-0.2, 0) is 9.59 Å². The second kappa shape index (κ2) is 8.78. The van der Waals surface area contributed by atoms with Gasteiger partial charge in [-0.15, -0.1) is 0 Å². The Morgan fingerprint density at radius 3 is 2.38 bits per heavy atom. The summed E-state index contributed by atoms with van der Waals surface area (Å²) < 4.78 is 1.54. The summed E-state index contributed by atoms with van der Waals surface area (Å²) in [7, 11) is 0. The van der Waals surface area contributed by atoms with E-state index >= 15 is 0 Å². The first-order valence-electron chi connectivity index (χ1n) is 6.16. The minimum atomic E-state index is -0.895. The number of carboxylic acids is 1. The summed E-state index contributed by atoms with van der Waals surface area (Å²) in [5.41, 5.74) is 0.536. The summed E-state index contributed by atoms with van der Waals surface area (Å²) in [5, 5.41) is 13.2. The van der Waals surface area contributed by atoms with Crippen molar-refractivity contribution in [3.05, 3.63) is 27.1 Å². The summed E-state index contributed by atoms with van der Waals surface area (Å²) in [4.78, 5) is 33.4. The molecule has 0 heterocycles. The van der Waals surface area contributed by atoms with E-state index in [1.807, 2.05) is 0 Å². The molecule has 3 amide bonds. The Kier molecular flexibility index (Phi) is 7.38. The van der Waals surface area contributed by atoms with Crippen LogP contribution in [0.4, 0.5) is 10.5 Å². The maximum absolute atomic E-state index is 11.6. The van der Waals surface area contributed by atoms with Gasteiger partial charge in [0, 0.05) is 21.8 Å². The third-order valence-electron chi connectivity index (χ3n) is 2.48. The van der Waals surface area contributed by atoms with Crippen LogP contribution in [0, 0.1) is 0 Å². The van der Waals surface area contributed by atoms with Gasteiger partial charge in [-0.2, -0.15) is 0 Å². The third-order valence-corrected chi connectivity index (χ3v) is 3.63. The molecule has 1 aromatic rings. The van der Waals surface area contributed by atoms with Gasteiger partial charge in [-0.1, -0.05) is 15.9 Å². The monoisotopic (exact) mass is 420 g/mol. The average molecular weight is 422 g/mol. The second-order valence-corrected chi connectivity index (χ2v) is 6.00. The molecule has 0 spiro atoms. The molecule has 8 heteroatoms. The van der Waals surface area contributed by atoms with Gasteiger partial charge in [0.05, 0.1) is 5.69 Å². The molecule has 0 bridgehead atoms. The fourth-order valence-electron chi connectivity index (χ4n) is 1.50. The van der Waals surface area contributed by atoms with Crippen molar-refractivity contribution in [2.45, 2.75) is 25.7 Å². The molecule has 0 aromatic heterocycles. The van der Waals surface area contributed by atoms with Crippen molar-refractivity contribution in [1.29, 1.82) is 0 Å². The molecule has 0 atom stereocenters. The number of anilines is 1. The summed E-state index contributed by atoms with van der Waals surface area (Å²) in [6, 6.07) is 4.59. The van der Waals surface area contributed by atoms with Gasteiger partial charge in [-0.3, -0.25) is 14.9 Å². The van der Waals surface area contributed by atoms with Crippen LogP contribution < -0.4 is 10.6 Å². The molecule has 0 radical (unpaired) electrons. The van der Waals surface area contributed by atoms with E-state index < -0.39 is 17.9 Å². The molecule has 0 fully saturated rings. The maximum atomic E-state index is 11.6. The van der Waals surface area contributed by atoms with E-state index in [0.29, 0.717) is 23.0 Å². The van der Waals surface area contributed by atoms with Crippen LogP contribution in [-0.4, -0.2) is 23.0 Å². The summed E-state index contributed by atoms with van der Waals surface area (Å²) in [6.07, 6.45) is 0.962. The number of amides is 3. The Labute approximate surface area is 138 Å². The summed E-state index contributed by atoms with van der Waals surface area (Å²) in [6.45, 7) is 0. The second-order valence-electron chi connectivity index (χ2n) is 4.23.